The summed E-state index contributed by atoms with van der Waals surface area (Å²) in [4.78, 5) is 32.5. The van der Waals surface area contributed by atoms with Crippen LogP contribution in [0.2, 0.25) is 5.02 Å². The summed E-state index contributed by atoms with van der Waals surface area (Å²) in [5.74, 6) is -0.673. The number of methoxy groups -OCH3 is 2. The quantitative estimate of drug-likeness (QED) is 0.287. The molecule has 7 heteroatoms. The number of halogens is 1. The molecule has 6 nitrogen and oxygen atoms in total. The average Bonchev–Trinajstić information content (AvgIpc) is 2.96. The second kappa shape index (κ2) is 12.1. The molecule has 1 heterocycles. The smallest absolute Gasteiger partial charge is 0.315 e. The lowest BCUT2D eigenvalue weighted by molar-refractivity contribution is -0.146. The first-order valence-electron chi connectivity index (χ1n) is 13.4. The molecule has 0 aromatic heterocycles. The number of hydrogen-bond donors (Lipinski definition) is 0. The fraction of sp³-hybridized carbons (Fsp3) is 0.303. The summed E-state index contributed by atoms with van der Waals surface area (Å²) in [6.07, 6.45) is 1.49. The predicted molar refractivity (Wildman–Crippen MR) is 155 cm³/mol. The Labute approximate surface area is 239 Å². The molecule has 0 saturated carbocycles. The van der Waals surface area contributed by atoms with Gasteiger partial charge in [-0.2, -0.15) is 0 Å². The van der Waals surface area contributed by atoms with Gasteiger partial charge in [-0.1, -0.05) is 54.1 Å². The summed E-state index contributed by atoms with van der Waals surface area (Å²) >= 11 is 6.10. The molecule has 0 saturated heterocycles. The van der Waals surface area contributed by atoms with Gasteiger partial charge >= 0.3 is 5.97 Å². The van der Waals surface area contributed by atoms with E-state index in [9.17, 15) is 9.59 Å². The fourth-order valence-electron chi connectivity index (χ4n) is 5.76. The predicted octanol–water partition coefficient (Wildman–Crippen LogP) is 6.72. The number of ether oxygens (including phenoxy) is 3. The van der Waals surface area contributed by atoms with Gasteiger partial charge < -0.3 is 14.2 Å². The van der Waals surface area contributed by atoms with Crippen molar-refractivity contribution < 1.29 is 23.8 Å². The van der Waals surface area contributed by atoms with Crippen LogP contribution in [0.3, 0.4) is 0 Å². The van der Waals surface area contributed by atoms with Crippen LogP contribution < -0.4 is 9.47 Å². The van der Waals surface area contributed by atoms with Crippen LogP contribution in [0.1, 0.15) is 48.3 Å². The SMILES string of the molecule is COc1ccc(OC)c([C@H]2C3=C(C[C@@H](c4ccc(Cl)cc4)CC3=O)N=C(C)C2C(=O)OCCc2ccccc2)c1. The average molecular weight is 558 g/mol. The lowest BCUT2D eigenvalue weighted by Gasteiger charge is -2.37. The van der Waals surface area contributed by atoms with Crippen molar-refractivity contribution in [3.63, 3.8) is 0 Å². The number of benzene rings is 3. The van der Waals surface area contributed by atoms with Gasteiger partial charge in [0.1, 0.15) is 17.4 Å². The summed E-state index contributed by atoms with van der Waals surface area (Å²) in [5, 5.41) is 0.649. The van der Waals surface area contributed by atoms with Crippen molar-refractivity contribution in [1.82, 2.24) is 0 Å². The van der Waals surface area contributed by atoms with Gasteiger partial charge in [-0.15, -0.1) is 0 Å². The molecule has 0 fully saturated rings. The minimum atomic E-state index is -0.772. The van der Waals surface area contributed by atoms with E-state index in [4.69, 9.17) is 30.8 Å². The monoisotopic (exact) mass is 557 g/mol. The lowest BCUT2D eigenvalue weighted by atomic mass is 9.69. The molecule has 2 aliphatic rings. The summed E-state index contributed by atoms with van der Waals surface area (Å²) in [7, 11) is 3.17. The van der Waals surface area contributed by atoms with Gasteiger partial charge in [-0.3, -0.25) is 14.6 Å². The third-order valence-electron chi connectivity index (χ3n) is 7.73. The van der Waals surface area contributed by atoms with E-state index in [1.54, 1.807) is 26.4 Å². The minimum Gasteiger partial charge on any atom is -0.497 e. The van der Waals surface area contributed by atoms with Crippen LogP contribution in [0, 0.1) is 5.92 Å². The van der Waals surface area contributed by atoms with Crippen LogP contribution in [0.15, 0.2) is 89.1 Å². The topological polar surface area (TPSA) is 74.2 Å². The molecule has 0 amide bonds. The van der Waals surface area contributed by atoms with Gasteiger partial charge in [0.25, 0.3) is 0 Å². The van der Waals surface area contributed by atoms with Crippen LogP contribution >= 0.6 is 11.6 Å². The normalized spacial score (nSPS) is 20.4. The number of carbonyl (C=O) groups is 2. The molecule has 0 bridgehead atoms. The Morgan fingerprint density at radius 2 is 1.73 bits per heavy atom. The number of nitrogens with zero attached hydrogens (tertiary/aromatic N) is 1. The zero-order valence-electron chi connectivity index (χ0n) is 22.9. The zero-order valence-corrected chi connectivity index (χ0v) is 23.6. The first-order chi connectivity index (χ1) is 19.4. The Morgan fingerprint density at radius 1 is 0.975 bits per heavy atom. The number of ketones is 1. The van der Waals surface area contributed by atoms with E-state index in [1.165, 1.54) is 0 Å². The first kappa shape index (κ1) is 27.7. The van der Waals surface area contributed by atoms with E-state index in [0.717, 1.165) is 11.1 Å². The van der Waals surface area contributed by atoms with Gasteiger partial charge in [0.15, 0.2) is 5.78 Å². The third-order valence-corrected chi connectivity index (χ3v) is 7.99. The highest BCUT2D eigenvalue weighted by Gasteiger charge is 2.46. The van der Waals surface area contributed by atoms with Crippen molar-refractivity contribution in [1.29, 1.82) is 0 Å². The molecule has 1 unspecified atom stereocenters. The Morgan fingerprint density at radius 3 is 2.42 bits per heavy atom. The number of rotatable bonds is 8. The lowest BCUT2D eigenvalue weighted by Crippen LogP contribution is -2.38. The van der Waals surface area contributed by atoms with Crippen LogP contribution in [0.5, 0.6) is 11.5 Å². The standard InChI is InChI=1S/C33H32ClNO5/c1-20-30(33(37)40-16-15-21-7-5-4-6-8-21)31(26-19-25(38-2)13-14-29(26)39-3)32-27(35-20)17-23(18-28(32)36)22-9-11-24(34)12-10-22/h4-14,19,23,30-31H,15-18H2,1-3H3/t23-,30?,31-/m1/s1. The number of allylic oxidation sites excluding steroid dienone is 2. The molecule has 0 radical (unpaired) electrons. The number of esters is 1. The van der Waals surface area contributed by atoms with Gasteiger partial charge in [0.05, 0.1) is 20.8 Å². The number of aliphatic imine (C=N–C) groups is 1. The highest BCUT2D eigenvalue weighted by atomic mass is 35.5. The van der Waals surface area contributed by atoms with Crippen molar-refractivity contribution in [3.8, 4) is 11.5 Å². The molecule has 206 valence electrons. The molecular formula is C33H32ClNO5. The maximum Gasteiger partial charge on any atom is 0.315 e. The van der Waals surface area contributed by atoms with Gasteiger partial charge in [0.2, 0.25) is 0 Å². The van der Waals surface area contributed by atoms with E-state index in [1.807, 2.05) is 67.6 Å². The van der Waals surface area contributed by atoms with E-state index >= 15 is 0 Å². The highest BCUT2D eigenvalue weighted by Crippen LogP contribution is 2.49. The second-order valence-electron chi connectivity index (χ2n) is 10.2. The minimum absolute atomic E-state index is 0.0257. The Hall–Kier alpha value is -3.90. The van der Waals surface area contributed by atoms with E-state index in [0.29, 0.717) is 58.3 Å². The van der Waals surface area contributed by atoms with E-state index in [2.05, 4.69) is 0 Å². The van der Waals surface area contributed by atoms with E-state index < -0.39 is 17.8 Å². The molecule has 1 aliphatic heterocycles. The maximum atomic E-state index is 13.9. The number of hydrogen-bond acceptors (Lipinski definition) is 6. The zero-order chi connectivity index (χ0) is 28.2. The molecule has 3 aromatic carbocycles. The Bertz CT molecular complexity index is 1460. The summed E-state index contributed by atoms with van der Waals surface area (Å²) < 4.78 is 17.1. The molecule has 1 aliphatic carbocycles. The van der Waals surface area contributed by atoms with Crippen LogP contribution in [-0.4, -0.2) is 38.3 Å². The molecular weight excluding hydrogens is 526 g/mol. The number of carbonyl (C=O) groups excluding carboxylic acids is 2. The second-order valence-corrected chi connectivity index (χ2v) is 10.6. The molecule has 0 N–H and O–H groups in total. The summed E-state index contributed by atoms with van der Waals surface area (Å²) in [5.41, 5.74) is 4.69. The van der Waals surface area contributed by atoms with Crippen LogP contribution in [0.4, 0.5) is 0 Å². The Kier molecular flexibility index (Phi) is 8.36. The van der Waals surface area contributed by atoms with Crippen LogP contribution in [0.25, 0.3) is 0 Å². The maximum absolute atomic E-state index is 13.9. The molecule has 3 atom stereocenters. The van der Waals surface area contributed by atoms with Crippen molar-refractivity contribution >= 4 is 29.1 Å². The molecule has 40 heavy (non-hydrogen) atoms. The highest BCUT2D eigenvalue weighted by molar-refractivity contribution is 6.30. The summed E-state index contributed by atoms with van der Waals surface area (Å²) in [6.45, 7) is 2.07. The molecule has 5 rings (SSSR count). The number of Topliss-reactive ketones (excluding diaryl/α,β-unsaturated/α-hetero) is 1. The largest absolute Gasteiger partial charge is 0.497 e. The van der Waals surface area contributed by atoms with Gasteiger partial charge in [-0.25, -0.2) is 0 Å². The molecule has 0 spiro atoms. The van der Waals surface area contributed by atoms with Gasteiger partial charge in [0, 0.05) is 46.3 Å². The van der Waals surface area contributed by atoms with Crippen molar-refractivity contribution in [3.05, 3.63) is 106 Å². The van der Waals surface area contributed by atoms with Crippen molar-refractivity contribution in [2.75, 3.05) is 20.8 Å². The van der Waals surface area contributed by atoms with E-state index in [-0.39, 0.29) is 18.3 Å². The summed E-state index contributed by atoms with van der Waals surface area (Å²) in [6, 6.07) is 22.9. The Balaban J connectivity index is 1.53. The molecule has 3 aromatic rings. The van der Waals surface area contributed by atoms with Crippen molar-refractivity contribution in [2.24, 2.45) is 10.9 Å². The first-order valence-corrected chi connectivity index (χ1v) is 13.8. The third kappa shape index (κ3) is 5.68. The fourth-order valence-corrected chi connectivity index (χ4v) is 5.88. The van der Waals surface area contributed by atoms with Crippen LogP contribution in [-0.2, 0) is 20.7 Å². The van der Waals surface area contributed by atoms with Crippen molar-refractivity contribution in [2.45, 2.75) is 38.0 Å². The van der Waals surface area contributed by atoms with Gasteiger partial charge in [-0.05, 0) is 60.7 Å².